The minimum atomic E-state index is -6.28. The highest BCUT2D eigenvalue weighted by Gasteiger charge is 2.75. The van der Waals surface area contributed by atoms with E-state index in [0.29, 0.717) is 23.5 Å². The first-order chi connectivity index (χ1) is 18.1. The molecule has 1 aromatic heterocycles. The Morgan fingerprint density at radius 3 is 2.26 bits per heavy atom. The second-order valence-electron chi connectivity index (χ2n) is 9.21. The van der Waals surface area contributed by atoms with Crippen molar-refractivity contribution in [1.29, 1.82) is 10.7 Å². The Hall–Kier alpha value is -3.05. The number of hydrogen-bond acceptors (Lipinski definition) is 4. The third-order valence-corrected chi connectivity index (χ3v) is 7.35. The van der Waals surface area contributed by atoms with Crippen molar-refractivity contribution in [3.63, 3.8) is 0 Å². The molecule has 0 radical (unpaired) electrons. The molecule has 1 amide bonds. The van der Waals surface area contributed by atoms with Crippen LogP contribution in [0.3, 0.4) is 0 Å². The number of hydrogen-bond donors (Lipinski definition) is 3. The first-order valence-electron chi connectivity index (χ1n) is 11.3. The maximum Gasteiger partial charge on any atom is 0.437 e. The number of nitriles is 1. The van der Waals surface area contributed by atoms with Gasteiger partial charge in [0.25, 0.3) is 5.91 Å². The van der Waals surface area contributed by atoms with Gasteiger partial charge in [-0.05, 0) is 65.4 Å². The van der Waals surface area contributed by atoms with Crippen LogP contribution in [-0.4, -0.2) is 34.6 Å². The minimum Gasteiger partial charge on any atom is -0.346 e. The predicted octanol–water partition coefficient (Wildman–Crippen LogP) is 7.42. The lowest BCUT2D eigenvalue weighted by atomic mass is 10.0. The fourth-order valence-electron chi connectivity index (χ4n) is 3.97. The van der Waals surface area contributed by atoms with E-state index in [1.165, 1.54) is 18.2 Å². The van der Waals surface area contributed by atoms with E-state index in [0.717, 1.165) is 12.4 Å². The highest BCUT2D eigenvalue weighted by Crippen LogP contribution is 2.57. The van der Waals surface area contributed by atoms with Crippen LogP contribution in [0.15, 0.2) is 34.9 Å². The molecule has 1 aromatic carbocycles. The number of aromatic nitrogens is 1. The van der Waals surface area contributed by atoms with Gasteiger partial charge < -0.3 is 20.6 Å². The van der Waals surface area contributed by atoms with Gasteiger partial charge in [-0.2, -0.15) is 31.6 Å². The quantitative estimate of drug-likeness (QED) is 0.207. The van der Waals surface area contributed by atoms with E-state index < -0.39 is 41.2 Å². The number of anilines is 1. The van der Waals surface area contributed by atoms with Crippen LogP contribution in [0.5, 0.6) is 0 Å². The Balaban J connectivity index is 1.71. The second kappa shape index (κ2) is 9.85. The zero-order chi connectivity index (χ0) is 29.0. The molecular formula is C24H18BrClF7N5O. The molecule has 2 fully saturated rings. The molecule has 15 heteroatoms. The van der Waals surface area contributed by atoms with E-state index in [4.69, 9.17) is 17.0 Å². The second-order valence-corrected chi connectivity index (χ2v) is 10.5. The molecular weight excluding hydrogens is 623 g/mol. The summed E-state index contributed by atoms with van der Waals surface area (Å²) in [7, 11) is 0. The molecule has 0 saturated heterocycles. The molecule has 4 rings (SSSR count). The van der Waals surface area contributed by atoms with Gasteiger partial charge in [-0.25, -0.2) is 4.39 Å². The molecule has 6 nitrogen and oxygen atoms in total. The van der Waals surface area contributed by atoms with Crippen LogP contribution in [0.25, 0.3) is 5.57 Å². The first-order valence-corrected chi connectivity index (χ1v) is 12.5. The average molecular weight is 641 g/mol. The zero-order valence-electron chi connectivity index (χ0n) is 19.6. The predicted molar refractivity (Wildman–Crippen MR) is 132 cm³/mol. The number of halogens is 9. The van der Waals surface area contributed by atoms with E-state index in [9.17, 15) is 40.8 Å². The third kappa shape index (κ3) is 5.26. The standard InChI is InChI=1S/C24H18BrClF7N5O/c25-16-8-18(22(27,23(28,29)30)24(31,32)33)38(14-2-3-14)19(16)36-10-13(9-34)12-1-4-17(26)15(7-12)20(39)37-21(11-35)5-6-21/h1,4,7-10,14,34,36H,2-3,5-6H2,(H,37,39)/b13-10+,34-9?. The number of rotatable bonds is 8. The number of carbonyl (C=O) groups is 1. The van der Waals surface area contributed by atoms with E-state index in [-0.39, 0.29) is 44.9 Å². The Morgan fingerprint density at radius 2 is 1.77 bits per heavy atom. The molecule has 39 heavy (non-hydrogen) atoms. The summed E-state index contributed by atoms with van der Waals surface area (Å²) in [6.45, 7) is 0. The van der Waals surface area contributed by atoms with Gasteiger partial charge in [0.1, 0.15) is 11.4 Å². The lowest BCUT2D eigenvalue weighted by Crippen LogP contribution is -2.51. The van der Waals surface area contributed by atoms with Crippen molar-refractivity contribution in [3.05, 3.63) is 56.8 Å². The van der Waals surface area contributed by atoms with Crippen LogP contribution in [0.2, 0.25) is 5.02 Å². The summed E-state index contributed by atoms with van der Waals surface area (Å²) < 4.78 is 96.3. The van der Waals surface area contributed by atoms with Crippen molar-refractivity contribution in [1.82, 2.24) is 9.88 Å². The van der Waals surface area contributed by atoms with Crippen molar-refractivity contribution in [2.75, 3.05) is 5.32 Å². The molecule has 0 spiro atoms. The largest absolute Gasteiger partial charge is 0.437 e. The molecule has 2 aromatic rings. The van der Waals surface area contributed by atoms with E-state index in [1.54, 1.807) is 0 Å². The van der Waals surface area contributed by atoms with Crippen LogP contribution in [0.4, 0.5) is 36.6 Å². The number of benzene rings is 1. The molecule has 208 valence electrons. The fourth-order valence-corrected chi connectivity index (χ4v) is 4.69. The van der Waals surface area contributed by atoms with Crippen molar-refractivity contribution in [2.45, 2.75) is 55.3 Å². The normalized spacial score (nSPS) is 17.4. The van der Waals surface area contributed by atoms with Gasteiger partial charge in [0.15, 0.2) is 0 Å². The fraction of sp³-hybridized carbons (Fsp3) is 0.375. The topological polar surface area (TPSA) is 93.7 Å². The Bertz CT molecular complexity index is 1390. The highest BCUT2D eigenvalue weighted by molar-refractivity contribution is 9.10. The molecule has 0 unspecified atom stereocenters. The number of nitrogens with one attached hydrogen (secondary N) is 3. The number of alkyl halides is 7. The molecule has 2 aliphatic carbocycles. The van der Waals surface area contributed by atoms with Crippen molar-refractivity contribution in [3.8, 4) is 6.07 Å². The molecule has 2 saturated carbocycles. The lowest BCUT2D eigenvalue weighted by Gasteiger charge is -2.31. The average Bonchev–Trinajstić information content (AvgIpc) is 3.78. The molecule has 3 N–H and O–H groups in total. The maximum atomic E-state index is 15.0. The van der Waals surface area contributed by atoms with Gasteiger partial charge >= 0.3 is 18.0 Å². The van der Waals surface area contributed by atoms with Crippen molar-refractivity contribution in [2.24, 2.45) is 0 Å². The highest BCUT2D eigenvalue weighted by atomic mass is 79.9. The van der Waals surface area contributed by atoms with Gasteiger partial charge in [0, 0.05) is 24.0 Å². The number of allylic oxidation sites excluding steroid dienone is 1. The summed E-state index contributed by atoms with van der Waals surface area (Å²) >= 11 is 9.07. The van der Waals surface area contributed by atoms with Gasteiger partial charge in [0.2, 0.25) is 0 Å². The molecule has 1 heterocycles. The summed E-state index contributed by atoms with van der Waals surface area (Å²) in [4.78, 5) is 12.7. The van der Waals surface area contributed by atoms with Crippen LogP contribution in [-0.2, 0) is 5.67 Å². The third-order valence-electron chi connectivity index (χ3n) is 6.42. The van der Waals surface area contributed by atoms with Crippen LogP contribution >= 0.6 is 27.5 Å². The van der Waals surface area contributed by atoms with Crippen molar-refractivity contribution < 1.29 is 35.5 Å². The Morgan fingerprint density at radius 1 is 1.15 bits per heavy atom. The van der Waals surface area contributed by atoms with Crippen LogP contribution < -0.4 is 10.6 Å². The number of nitrogens with zero attached hydrogens (tertiary/aromatic N) is 2. The number of carbonyl (C=O) groups excluding carboxylic acids is 1. The minimum absolute atomic E-state index is 0.00849. The van der Waals surface area contributed by atoms with Gasteiger partial charge in [-0.1, -0.05) is 17.7 Å². The summed E-state index contributed by atoms with van der Waals surface area (Å²) in [5, 5.41) is 22.2. The lowest BCUT2D eigenvalue weighted by molar-refractivity contribution is -0.350. The summed E-state index contributed by atoms with van der Waals surface area (Å²) in [6.07, 6.45) is -9.20. The van der Waals surface area contributed by atoms with E-state index in [1.807, 2.05) is 6.07 Å². The van der Waals surface area contributed by atoms with E-state index in [2.05, 4.69) is 26.6 Å². The monoisotopic (exact) mass is 639 g/mol. The Kier molecular flexibility index (Phi) is 7.31. The van der Waals surface area contributed by atoms with Crippen molar-refractivity contribution >= 4 is 51.0 Å². The summed E-state index contributed by atoms with van der Waals surface area (Å²) in [5.41, 5.74) is -7.92. The maximum absolute atomic E-state index is 15.0. The van der Waals surface area contributed by atoms with Gasteiger partial charge in [-0.3, -0.25) is 4.79 Å². The number of amides is 1. The molecule has 0 atom stereocenters. The zero-order valence-corrected chi connectivity index (χ0v) is 21.9. The van der Waals surface area contributed by atoms with Gasteiger partial charge in [0.05, 0.1) is 26.8 Å². The van der Waals surface area contributed by atoms with E-state index >= 15 is 0 Å². The molecule has 2 aliphatic rings. The SMILES string of the molecule is N#CC1(NC(=O)c2cc(/C(C=N)=C/Nc3c(Br)cc(C(F)(C(F)(F)F)C(F)(F)F)n3C3CC3)ccc2Cl)CC1. The van der Waals surface area contributed by atoms with Crippen LogP contribution in [0, 0.1) is 16.7 Å². The van der Waals surface area contributed by atoms with Crippen LogP contribution in [0.1, 0.15) is 53.3 Å². The Labute approximate surface area is 230 Å². The smallest absolute Gasteiger partial charge is 0.346 e. The first kappa shape index (κ1) is 28.9. The molecule has 0 aliphatic heterocycles. The van der Waals surface area contributed by atoms with Gasteiger partial charge in [-0.15, -0.1) is 0 Å². The summed E-state index contributed by atoms with van der Waals surface area (Å²) in [6, 6.07) is 5.76. The molecule has 0 bridgehead atoms. The summed E-state index contributed by atoms with van der Waals surface area (Å²) in [5.74, 6) is -0.911.